The van der Waals surface area contributed by atoms with Crippen LogP contribution in [0.1, 0.15) is 49.8 Å². The summed E-state index contributed by atoms with van der Waals surface area (Å²) < 4.78 is 0. The first-order chi connectivity index (χ1) is 7.61. The van der Waals surface area contributed by atoms with Crippen LogP contribution in [-0.4, -0.2) is 10.2 Å². The molecule has 0 radical (unpaired) electrons. The summed E-state index contributed by atoms with van der Waals surface area (Å²) in [7, 11) is 0. The highest BCUT2D eigenvalue weighted by molar-refractivity contribution is 5.52. The highest BCUT2D eigenvalue weighted by atomic mass is 16.3. The maximum absolute atomic E-state index is 9.81. The van der Waals surface area contributed by atoms with Gasteiger partial charge in [0, 0.05) is 5.56 Å². The molecule has 0 spiro atoms. The van der Waals surface area contributed by atoms with Gasteiger partial charge in [-0.1, -0.05) is 26.7 Å². The van der Waals surface area contributed by atoms with Crippen LogP contribution >= 0.6 is 0 Å². The minimum absolute atomic E-state index is 0.00796. The van der Waals surface area contributed by atoms with Crippen molar-refractivity contribution in [1.82, 2.24) is 0 Å². The molecule has 0 bridgehead atoms. The number of unbranched alkanes of at least 4 members (excludes halogenated alkanes) is 2. The topological polar surface area (TPSA) is 40.5 Å². The average Bonchev–Trinajstić information content (AvgIpc) is 2.26. The average molecular weight is 222 g/mol. The van der Waals surface area contributed by atoms with Crippen molar-refractivity contribution < 1.29 is 10.2 Å². The van der Waals surface area contributed by atoms with Crippen molar-refractivity contribution in [2.24, 2.45) is 0 Å². The van der Waals surface area contributed by atoms with Crippen LogP contribution in [0.4, 0.5) is 0 Å². The Morgan fingerprint density at radius 2 is 1.75 bits per heavy atom. The SMILES string of the molecule is CCCCCc1c(C)cc(O)c(O)c1CC. The summed E-state index contributed by atoms with van der Waals surface area (Å²) in [5.41, 5.74) is 3.21. The monoisotopic (exact) mass is 222 g/mol. The Bertz CT molecular complexity index is 356. The van der Waals surface area contributed by atoms with E-state index in [1.807, 2.05) is 13.8 Å². The molecule has 0 aliphatic heterocycles. The lowest BCUT2D eigenvalue weighted by molar-refractivity contribution is 0.398. The Kier molecular flexibility index (Phi) is 4.66. The van der Waals surface area contributed by atoms with Crippen LogP contribution < -0.4 is 0 Å². The number of hydrogen-bond donors (Lipinski definition) is 2. The first-order valence-corrected chi connectivity index (χ1v) is 6.15. The maximum Gasteiger partial charge on any atom is 0.160 e. The molecule has 0 aliphatic carbocycles. The van der Waals surface area contributed by atoms with Crippen LogP contribution in [0.25, 0.3) is 0 Å². The highest BCUT2D eigenvalue weighted by Gasteiger charge is 2.13. The molecule has 0 fully saturated rings. The third-order valence-corrected chi connectivity index (χ3v) is 3.11. The van der Waals surface area contributed by atoms with Crippen molar-refractivity contribution in [2.75, 3.05) is 0 Å². The van der Waals surface area contributed by atoms with Gasteiger partial charge >= 0.3 is 0 Å². The Hall–Kier alpha value is -1.18. The van der Waals surface area contributed by atoms with Gasteiger partial charge in [-0.05, 0) is 43.4 Å². The lowest BCUT2D eigenvalue weighted by Crippen LogP contribution is -1.98. The fraction of sp³-hybridized carbons (Fsp3) is 0.571. The number of aryl methyl sites for hydroxylation is 1. The number of benzene rings is 1. The summed E-state index contributed by atoms with van der Waals surface area (Å²) in [5.74, 6) is 0.0770. The van der Waals surface area contributed by atoms with E-state index in [9.17, 15) is 10.2 Å². The molecule has 0 saturated heterocycles. The van der Waals surface area contributed by atoms with Crippen LogP contribution in [0.2, 0.25) is 0 Å². The van der Waals surface area contributed by atoms with Gasteiger partial charge in [-0.25, -0.2) is 0 Å². The molecule has 0 saturated carbocycles. The Labute approximate surface area is 97.9 Å². The second-order valence-corrected chi connectivity index (χ2v) is 4.33. The molecule has 0 heterocycles. The Morgan fingerprint density at radius 3 is 2.31 bits per heavy atom. The minimum Gasteiger partial charge on any atom is -0.504 e. The van der Waals surface area contributed by atoms with Gasteiger partial charge in [-0.2, -0.15) is 0 Å². The zero-order valence-corrected chi connectivity index (χ0v) is 10.5. The second-order valence-electron chi connectivity index (χ2n) is 4.33. The summed E-state index contributed by atoms with van der Waals surface area (Å²) in [6, 6.07) is 1.66. The zero-order valence-electron chi connectivity index (χ0n) is 10.5. The molecule has 0 atom stereocenters. The van der Waals surface area contributed by atoms with Gasteiger partial charge in [-0.15, -0.1) is 0 Å². The first kappa shape index (κ1) is 12.9. The molecule has 2 heteroatoms. The summed E-state index contributed by atoms with van der Waals surface area (Å²) >= 11 is 0. The largest absolute Gasteiger partial charge is 0.504 e. The van der Waals surface area contributed by atoms with E-state index in [4.69, 9.17) is 0 Å². The van der Waals surface area contributed by atoms with E-state index in [0.717, 1.165) is 30.4 Å². The molecule has 0 aliphatic rings. The van der Waals surface area contributed by atoms with Crippen LogP contribution in [0.5, 0.6) is 11.5 Å². The summed E-state index contributed by atoms with van der Waals surface area (Å²) in [4.78, 5) is 0. The smallest absolute Gasteiger partial charge is 0.160 e. The first-order valence-electron chi connectivity index (χ1n) is 6.15. The molecule has 1 aromatic carbocycles. The fourth-order valence-electron chi connectivity index (χ4n) is 2.18. The lowest BCUT2D eigenvalue weighted by Gasteiger charge is -2.14. The number of rotatable bonds is 5. The molecule has 1 aromatic rings. The van der Waals surface area contributed by atoms with Gasteiger partial charge in [0.05, 0.1) is 0 Å². The van der Waals surface area contributed by atoms with Crippen molar-refractivity contribution in [1.29, 1.82) is 0 Å². The van der Waals surface area contributed by atoms with Gasteiger partial charge in [0.15, 0.2) is 11.5 Å². The van der Waals surface area contributed by atoms with E-state index in [2.05, 4.69) is 6.92 Å². The summed E-state index contributed by atoms with van der Waals surface area (Å²) in [6.07, 6.45) is 5.32. The number of phenolic OH excluding ortho intramolecular Hbond substituents is 2. The van der Waals surface area contributed by atoms with E-state index >= 15 is 0 Å². The normalized spacial score (nSPS) is 10.7. The molecule has 0 aromatic heterocycles. The van der Waals surface area contributed by atoms with E-state index in [-0.39, 0.29) is 11.5 Å². The van der Waals surface area contributed by atoms with Crippen LogP contribution in [-0.2, 0) is 12.8 Å². The van der Waals surface area contributed by atoms with Crippen LogP contribution in [0, 0.1) is 6.92 Å². The molecular weight excluding hydrogens is 200 g/mol. The predicted molar refractivity (Wildman–Crippen MR) is 67.1 cm³/mol. The number of hydrogen-bond acceptors (Lipinski definition) is 2. The van der Waals surface area contributed by atoms with Gasteiger partial charge in [0.25, 0.3) is 0 Å². The minimum atomic E-state index is 0.00796. The van der Waals surface area contributed by atoms with Crippen molar-refractivity contribution in [3.63, 3.8) is 0 Å². The molecule has 2 N–H and O–H groups in total. The molecule has 1 rings (SSSR count). The van der Waals surface area contributed by atoms with E-state index in [0.29, 0.717) is 0 Å². The Balaban J connectivity index is 3.01. The van der Waals surface area contributed by atoms with Crippen molar-refractivity contribution >= 4 is 0 Å². The molecular formula is C14H22O2. The molecule has 2 nitrogen and oxygen atoms in total. The third-order valence-electron chi connectivity index (χ3n) is 3.11. The van der Waals surface area contributed by atoms with Crippen LogP contribution in [0.3, 0.4) is 0 Å². The predicted octanol–water partition coefficient (Wildman–Crippen LogP) is 3.70. The van der Waals surface area contributed by atoms with Gasteiger partial charge < -0.3 is 10.2 Å². The highest BCUT2D eigenvalue weighted by Crippen LogP contribution is 2.35. The van der Waals surface area contributed by atoms with Gasteiger partial charge in [-0.3, -0.25) is 0 Å². The van der Waals surface area contributed by atoms with Crippen molar-refractivity contribution in [2.45, 2.75) is 52.9 Å². The molecule has 16 heavy (non-hydrogen) atoms. The maximum atomic E-state index is 9.81. The lowest BCUT2D eigenvalue weighted by atomic mass is 9.94. The van der Waals surface area contributed by atoms with E-state index < -0.39 is 0 Å². The van der Waals surface area contributed by atoms with Crippen LogP contribution in [0.15, 0.2) is 6.07 Å². The van der Waals surface area contributed by atoms with Gasteiger partial charge in [0.2, 0.25) is 0 Å². The van der Waals surface area contributed by atoms with E-state index in [1.165, 1.54) is 18.4 Å². The molecule has 0 unspecified atom stereocenters. The standard InChI is InChI=1S/C14H22O2/c1-4-6-7-8-12-10(3)9-13(15)14(16)11(12)5-2/h9,15-16H,4-8H2,1-3H3. The van der Waals surface area contributed by atoms with Gasteiger partial charge in [0.1, 0.15) is 0 Å². The second kappa shape index (κ2) is 5.78. The fourth-order valence-corrected chi connectivity index (χ4v) is 2.18. The molecule has 90 valence electrons. The van der Waals surface area contributed by atoms with Crippen molar-refractivity contribution in [3.8, 4) is 11.5 Å². The Morgan fingerprint density at radius 1 is 1.06 bits per heavy atom. The van der Waals surface area contributed by atoms with Crippen molar-refractivity contribution in [3.05, 3.63) is 22.8 Å². The summed E-state index contributed by atoms with van der Waals surface area (Å²) in [6.45, 7) is 6.19. The molecule has 0 amide bonds. The zero-order chi connectivity index (χ0) is 12.1. The third kappa shape index (κ3) is 2.69. The summed E-state index contributed by atoms with van der Waals surface area (Å²) in [5, 5.41) is 19.4. The van der Waals surface area contributed by atoms with E-state index in [1.54, 1.807) is 6.07 Å². The number of phenols is 2. The number of aromatic hydroxyl groups is 2. The quantitative estimate of drug-likeness (QED) is 0.589.